The van der Waals surface area contributed by atoms with Crippen molar-refractivity contribution in [3.05, 3.63) is 0 Å². The van der Waals surface area contributed by atoms with Gasteiger partial charge in [0.1, 0.15) is 12.3 Å². The molecule has 0 saturated carbocycles. The van der Waals surface area contributed by atoms with Crippen LogP contribution >= 0.6 is 0 Å². The first kappa shape index (κ1) is 7.30. The van der Waals surface area contributed by atoms with E-state index in [1.165, 1.54) is 12.8 Å². The minimum Gasteiger partial charge on any atom is -0.301 e. The fraction of sp³-hybridized carbons (Fsp3) is 0.625. The molecule has 54 valence electrons. The van der Waals surface area contributed by atoms with E-state index in [2.05, 4.69) is 5.92 Å². The molecule has 0 aromatic carbocycles. The lowest BCUT2D eigenvalue weighted by Crippen LogP contribution is -2.32. The van der Waals surface area contributed by atoms with Gasteiger partial charge in [-0.2, -0.15) is 0 Å². The summed E-state index contributed by atoms with van der Waals surface area (Å²) in [6.07, 6.45) is 8.32. The highest BCUT2D eigenvalue weighted by Crippen LogP contribution is 2.09. The first-order valence-corrected chi connectivity index (χ1v) is 3.54. The Morgan fingerprint density at radius 2 is 2.10 bits per heavy atom. The Labute approximate surface area is 61.2 Å². The Morgan fingerprint density at radius 3 is 2.50 bits per heavy atom. The fourth-order valence-electron chi connectivity index (χ4n) is 1.25. The van der Waals surface area contributed by atoms with Crippen LogP contribution in [0.3, 0.4) is 0 Å². The predicted molar refractivity (Wildman–Crippen MR) is 39.5 cm³/mol. The Kier molecular flexibility index (Phi) is 2.47. The molecule has 0 aliphatic carbocycles. The maximum atomic E-state index is 10.3. The highest BCUT2D eigenvalue weighted by Gasteiger charge is 2.18. The van der Waals surface area contributed by atoms with Gasteiger partial charge in [0.05, 0.1) is 0 Å². The lowest BCUT2D eigenvalue weighted by Gasteiger charge is -2.16. The zero-order chi connectivity index (χ0) is 7.40. The number of carbonyl (C=O) groups is 1. The van der Waals surface area contributed by atoms with Crippen LogP contribution in [0.25, 0.3) is 0 Å². The van der Waals surface area contributed by atoms with Gasteiger partial charge in [0.2, 0.25) is 0 Å². The molecule has 1 unspecified atom stereocenters. The van der Waals surface area contributed by atoms with Crippen LogP contribution < -0.4 is 0 Å². The molecule has 0 bridgehead atoms. The van der Waals surface area contributed by atoms with Crippen LogP contribution in [0, 0.1) is 12.3 Å². The number of rotatable bonds is 2. The second-order valence-electron chi connectivity index (χ2n) is 2.49. The van der Waals surface area contributed by atoms with Gasteiger partial charge in [-0.1, -0.05) is 5.92 Å². The minimum atomic E-state index is -0.275. The van der Waals surface area contributed by atoms with E-state index in [0.29, 0.717) is 0 Å². The van der Waals surface area contributed by atoms with Crippen LogP contribution in [-0.2, 0) is 4.79 Å². The Morgan fingerprint density at radius 1 is 1.50 bits per heavy atom. The molecule has 10 heavy (non-hydrogen) atoms. The van der Waals surface area contributed by atoms with Crippen LogP contribution in [0.2, 0.25) is 0 Å². The van der Waals surface area contributed by atoms with Gasteiger partial charge in [-0.05, 0) is 25.9 Å². The van der Waals surface area contributed by atoms with Gasteiger partial charge in [0.25, 0.3) is 0 Å². The summed E-state index contributed by atoms with van der Waals surface area (Å²) in [7, 11) is 0. The van der Waals surface area contributed by atoms with Gasteiger partial charge in [0, 0.05) is 0 Å². The Balaban J connectivity index is 2.46. The van der Waals surface area contributed by atoms with Crippen molar-refractivity contribution >= 4 is 6.29 Å². The number of hydrogen-bond acceptors (Lipinski definition) is 2. The molecule has 1 fully saturated rings. The zero-order valence-electron chi connectivity index (χ0n) is 5.92. The van der Waals surface area contributed by atoms with Gasteiger partial charge in [-0.3, -0.25) is 4.90 Å². The first-order valence-electron chi connectivity index (χ1n) is 3.54. The molecule has 1 aliphatic rings. The number of likely N-dealkylation sites (tertiary alicyclic amines) is 1. The molecular formula is C8H11NO. The maximum absolute atomic E-state index is 10.3. The van der Waals surface area contributed by atoms with Crippen LogP contribution in [-0.4, -0.2) is 30.3 Å². The molecule has 0 N–H and O–H groups in total. The first-order chi connectivity index (χ1) is 4.88. The molecule has 1 saturated heterocycles. The van der Waals surface area contributed by atoms with Gasteiger partial charge in [0.15, 0.2) is 0 Å². The van der Waals surface area contributed by atoms with Crippen molar-refractivity contribution in [2.45, 2.75) is 18.9 Å². The number of hydrogen-bond donors (Lipinski definition) is 0. The predicted octanol–water partition coefficient (Wildman–Crippen LogP) is 0.283. The Hall–Kier alpha value is -0.810. The van der Waals surface area contributed by atoms with E-state index in [4.69, 9.17) is 6.42 Å². The smallest absolute Gasteiger partial charge is 0.149 e. The molecular weight excluding hydrogens is 126 g/mol. The largest absolute Gasteiger partial charge is 0.301 e. The third-order valence-corrected chi connectivity index (χ3v) is 1.83. The minimum absolute atomic E-state index is 0.275. The summed E-state index contributed by atoms with van der Waals surface area (Å²) in [6, 6.07) is -0.275. The lowest BCUT2D eigenvalue weighted by atomic mass is 10.3. The van der Waals surface area contributed by atoms with Gasteiger partial charge >= 0.3 is 0 Å². The molecule has 1 atom stereocenters. The normalized spacial score (nSPS) is 21.9. The number of aldehydes is 1. The van der Waals surface area contributed by atoms with E-state index >= 15 is 0 Å². The third-order valence-electron chi connectivity index (χ3n) is 1.83. The number of terminal acetylenes is 1. The summed E-state index contributed by atoms with van der Waals surface area (Å²) in [5.74, 6) is 2.45. The summed E-state index contributed by atoms with van der Waals surface area (Å²) >= 11 is 0. The molecule has 1 heterocycles. The standard InChI is InChI=1S/C8H11NO/c1-2-8(7-10)9-5-3-4-6-9/h1,7-8H,3-6H2. The van der Waals surface area contributed by atoms with Crippen molar-refractivity contribution in [3.63, 3.8) is 0 Å². The van der Waals surface area contributed by atoms with Gasteiger partial charge in [-0.15, -0.1) is 6.42 Å². The average Bonchev–Trinajstić information content (AvgIpc) is 2.43. The van der Waals surface area contributed by atoms with E-state index in [9.17, 15) is 4.79 Å². The van der Waals surface area contributed by atoms with E-state index in [1.807, 2.05) is 4.90 Å². The number of carbonyl (C=O) groups excluding carboxylic acids is 1. The highest BCUT2D eigenvalue weighted by molar-refractivity contribution is 5.62. The van der Waals surface area contributed by atoms with Crippen LogP contribution in [0.15, 0.2) is 0 Å². The molecule has 1 rings (SSSR count). The quantitative estimate of drug-likeness (QED) is 0.402. The molecule has 0 aromatic heterocycles. The van der Waals surface area contributed by atoms with E-state index in [1.54, 1.807) is 0 Å². The van der Waals surface area contributed by atoms with Crippen molar-refractivity contribution in [2.24, 2.45) is 0 Å². The Bertz CT molecular complexity index is 153. The molecule has 0 spiro atoms. The number of nitrogens with zero attached hydrogens (tertiary/aromatic N) is 1. The van der Waals surface area contributed by atoms with Crippen molar-refractivity contribution in [1.29, 1.82) is 0 Å². The highest BCUT2D eigenvalue weighted by atomic mass is 16.1. The fourth-order valence-corrected chi connectivity index (χ4v) is 1.25. The summed E-state index contributed by atoms with van der Waals surface area (Å²) < 4.78 is 0. The molecule has 0 radical (unpaired) electrons. The SMILES string of the molecule is C#CC(C=O)N1CCCC1. The lowest BCUT2D eigenvalue weighted by molar-refractivity contribution is -0.110. The van der Waals surface area contributed by atoms with E-state index < -0.39 is 0 Å². The molecule has 1 aliphatic heterocycles. The topological polar surface area (TPSA) is 20.3 Å². The zero-order valence-corrected chi connectivity index (χ0v) is 5.92. The van der Waals surface area contributed by atoms with Crippen molar-refractivity contribution in [1.82, 2.24) is 4.90 Å². The summed E-state index contributed by atoms with van der Waals surface area (Å²) in [4.78, 5) is 12.4. The van der Waals surface area contributed by atoms with Crippen LogP contribution in [0.4, 0.5) is 0 Å². The third kappa shape index (κ3) is 1.37. The molecule has 0 amide bonds. The van der Waals surface area contributed by atoms with E-state index in [-0.39, 0.29) is 6.04 Å². The molecule has 2 heteroatoms. The van der Waals surface area contributed by atoms with E-state index in [0.717, 1.165) is 19.4 Å². The summed E-state index contributed by atoms with van der Waals surface area (Å²) in [5, 5.41) is 0. The van der Waals surface area contributed by atoms with Gasteiger partial charge < -0.3 is 4.79 Å². The second kappa shape index (κ2) is 3.38. The average molecular weight is 137 g/mol. The molecule has 2 nitrogen and oxygen atoms in total. The van der Waals surface area contributed by atoms with Crippen molar-refractivity contribution in [2.75, 3.05) is 13.1 Å². The van der Waals surface area contributed by atoms with Crippen molar-refractivity contribution in [3.8, 4) is 12.3 Å². The second-order valence-corrected chi connectivity index (χ2v) is 2.49. The monoisotopic (exact) mass is 137 g/mol. The maximum Gasteiger partial charge on any atom is 0.149 e. The van der Waals surface area contributed by atoms with Crippen LogP contribution in [0.1, 0.15) is 12.8 Å². The van der Waals surface area contributed by atoms with Crippen molar-refractivity contribution < 1.29 is 4.79 Å². The summed E-state index contributed by atoms with van der Waals surface area (Å²) in [5.41, 5.74) is 0. The molecule has 0 aromatic rings. The van der Waals surface area contributed by atoms with Crippen LogP contribution in [0.5, 0.6) is 0 Å². The summed E-state index contributed by atoms with van der Waals surface area (Å²) in [6.45, 7) is 1.96. The van der Waals surface area contributed by atoms with Gasteiger partial charge in [-0.25, -0.2) is 0 Å².